The van der Waals surface area contributed by atoms with E-state index in [0.717, 1.165) is 13.8 Å². The number of nitrogens with one attached hydrogen (secondary N) is 1. The van der Waals surface area contributed by atoms with E-state index >= 15 is 0 Å². The first-order valence-corrected chi connectivity index (χ1v) is 11.4. The quantitative estimate of drug-likeness (QED) is 0.418. The summed E-state index contributed by atoms with van der Waals surface area (Å²) in [6.07, 6.45) is -5.35. The predicted molar refractivity (Wildman–Crippen MR) is 126 cm³/mol. The van der Waals surface area contributed by atoms with Crippen LogP contribution in [-0.4, -0.2) is 72.0 Å². The van der Waals surface area contributed by atoms with E-state index < -0.39 is 67.0 Å². The highest BCUT2D eigenvalue weighted by molar-refractivity contribution is 6.03. The van der Waals surface area contributed by atoms with Gasteiger partial charge in [0, 0.05) is 38.8 Å². The fourth-order valence-corrected chi connectivity index (χ4v) is 4.04. The molecule has 2 aromatic rings. The molecule has 5 atom stereocenters. The molecule has 1 saturated heterocycles. The molecule has 12 heteroatoms. The molecule has 12 nitrogen and oxygen atoms in total. The number of carbonyl (C=O) groups excluding carboxylic acids is 5. The second-order valence-corrected chi connectivity index (χ2v) is 8.45. The Bertz CT molecular complexity index is 1210. The largest absolute Gasteiger partial charge is 0.463 e. The summed E-state index contributed by atoms with van der Waals surface area (Å²) < 4.78 is 27.4. The number of pyridine rings is 1. The highest BCUT2D eigenvalue weighted by atomic mass is 16.7. The fraction of sp³-hybridized carbons (Fsp3) is 0.440. The molecular weight excluding hydrogens is 488 g/mol. The van der Waals surface area contributed by atoms with Crippen molar-refractivity contribution in [2.75, 3.05) is 6.61 Å². The van der Waals surface area contributed by atoms with Crippen molar-refractivity contribution in [1.29, 1.82) is 0 Å². The molecule has 2 heterocycles. The highest BCUT2D eigenvalue weighted by Crippen LogP contribution is 2.29. The minimum atomic E-state index is -1.51. The number of fused-ring (bicyclic) bond motifs is 1. The van der Waals surface area contributed by atoms with Crippen LogP contribution in [0.2, 0.25) is 0 Å². The number of ether oxygens (including phenoxy) is 5. The maximum Gasteiger partial charge on any atom is 0.341 e. The second kappa shape index (κ2) is 11.8. The summed E-state index contributed by atoms with van der Waals surface area (Å²) in [5, 5.41) is 3.08. The monoisotopic (exact) mass is 516 g/mol. The summed E-state index contributed by atoms with van der Waals surface area (Å²) >= 11 is 0. The molecule has 1 amide bonds. The van der Waals surface area contributed by atoms with Crippen LogP contribution in [0.4, 0.5) is 0 Å². The van der Waals surface area contributed by atoms with Gasteiger partial charge in [0.25, 0.3) is 0 Å². The summed E-state index contributed by atoms with van der Waals surface area (Å²) in [4.78, 5) is 65.1. The van der Waals surface area contributed by atoms with Gasteiger partial charge in [0.1, 0.15) is 18.8 Å². The minimum Gasteiger partial charge on any atom is -0.463 e. The molecule has 37 heavy (non-hydrogen) atoms. The van der Waals surface area contributed by atoms with Crippen molar-refractivity contribution in [3.63, 3.8) is 0 Å². The minimum absolute atomic E-state index is 0.191. The Morgan fingerprint density at radius 1 is 0.919 bits per heavy atom. The standard InChI is InChI=1S/C25H28N2O10/c1-12-10-18(17-8-6-7-9-19(17)26-12)24(32)37-25-21(27-13(2)28)23(35-16(5)31)22(34-15(4)30)20(36-25)11-33-14(3)29/h6-10,20-23,25H,11H2,1-5H3,(H,27,28). The summed E-state index contributed by atoms with van der Waals surface area (Å²) in [7, 11) is 0. The van der Waals surface area contributed by atoms with Crippen LogP contribution in [0.3, 0.4) is 0 Å². The molecule has 1 aliphatic rings. The van der Waals surface area contributed by atoms with Gasteiger partial charge in [-0.3, -0.25) is 24.2 Å². The number of aryl methyl sites for hydroxylation is 1. The lowest BCUT2D eigenvalue weighted by Gasteiger charge is -2.44. The van der Waals surface area contributed by atoms with E-state index in [2.05, 4.69) is 10.3 Å². The average Bonchev–Trinajstić information content (AvgIpc) is 2.80. The zero-order valence-electron chi connectivity index (χ0n) is 21.0. The third kappa shape index (κ3) is 7.00. The Kier molecular flexibility index (Phi) is 8.77. The van der Waals surface area contributed by atoms with E-state index in [9.17, 15) is 24.0 Å². The molecule has 0 bridgehead atoms. The number of hydrogen-bond acceptors (Lipinski definition) is 11. The van der Waals surface area contributed by atoms with Crippen LogP contribution < -0.4 is 5.32 Å². The lowest BCUT2D eigenvalue weighted by atomic mass is 9.96. The number of nitrogens with zero attached hydrogens (tertiary/aromatic N) is 1. The summed E-state index contributed by atoms with van der Waals surface area (Å²) in [5.74, 6) is -3.51. The maximum absolute atomic E-state index is 13.4. The van der Waals surface area contributed by atoms with Crippen molar-refractivity contribution in [3.05, 3.63) is 41.6 Å². The Morgan fingerprint density at radius 2 is 1.57 bits per heavy atom. The fourth-order valence-electron chi connectivity index (χ4n) is 4.04. The SMILES string of the molecule is CC(=O)NC1C(OC(=O)c2cc(C)nc3ccccc23)OC(COC(C)=O)C(OC(C)=O)C1OC(C)=O. The summed E-state index contributed by atoms with van der Waals surface area (Å²) in [6.45, 7) is 5.93. The number of carbonyl (C=O) groups is 5. The number of esters is 4. The molecule has 0 aliphatic carbocycles. The first kappa shape index (κ1) is 27.5. The molecule has 0 spiro atoms. The molecule has 3 rings (SSSR count). The van der Waals surface area contributed by atoms with E-state index in [-0.39, 0.29) is 5.56 Å². The molecule has 1 aromatic heterocycles. The first-order chi connectivity index (χ1) is 17.5. The molecule has 5 unspecified atom stereocenters. The van der Waals surface area contributed by atoms with E-state index in [4.69, 9.17) is 23.7 Å². The zero-order chi connectivity index (χ0) is 27.3. The topological polar surface area (TPSA) is 156 Å². The summed E-state index contributed by atoms with van der Waals surface area (Å²) in [5.41, 5.74) is 1.32. The van der Waals surface area contributed by atoms with Crippen LogP contribution in [-0.2, 0) is 42.9 Å². The molecule has 1 fully saturated rings. The van der Waals surface area contributed by atoms with Crippen LogP contribution in [0.15, 0.2) is 30.3 Å². The third-order valence-electron chi connectivity index (χ3n) is 5.36. The number of aromatic nitrogens is 1. The molecule has 1 N–H and O–H groups in total. The first-order valence-electron chi connectivity index (χ1n) is 11.4. The maximum atomic E-state index is 13.4. The van der Waals surface area contributed by atoms with Gasteiger partial charge in [0.15, 0.2) is 12.2 Å². The molecule has 198 valence electrons. The van der Waals surface area contributed by atoms with Crippen molar-refractivity contribution >= 4 is 40.7 Å². The number of hydrogen-bond donors (Lipinski definition) is 1. The lowest BCUT2D eigenvalue weighted by Crippen LogP contribution is -2.66. The lowest BCUT2D eigenvalue weighted by molar-refractivity contribution is -0.263. The van der Waals surface area contributed by atoms with Crippen LogP contribution >= 0.6 is 0 Å². The Morgan fingerprint density at radius 3 is 2.19 bits per heavy atom. The van der Waals surface area contributed by atoms with Gasteiger partial charge in [-0.2, -0.15) is 0 Å². The Hall–Kier alpha value is -4.06. The van der Waals surface area contributed by atoms with Gasteiger partial charge in [-0.15, -0.1) is 0 Å². The van der Waals surface area contributed by atoms with Gasteiger partial charge in [-0.1, -0.05) is 18.2 Å². The summed E-state index contributed by atoms with van der Waals surface area (Å²) in [6, 6.07) is 7.24. The number of benzene rings is 1. The van der Waals surface area contributed by atoms with Crippen LogP contribution in [0.25, 0.3) is 10.9 Å². The smallest absolute Gasteiger partial charge is 0.341 e. The van der Waals surface area contributed by atoms with Gasteiger partial charge < -0.3 is 29.0 Å². The number of amides is 1. The van der Waals surface area contributed by atoms with Crippen molar-refractivity contribution in [2.24, 2.45) is 0 Å². The van der Waals surface area contributed by atoms with Gasteiger partial charge >= 0.3 is 23.9 Å². The molecular formula is C25H28N2O10. The van der Waals surface area contributed by atoms with E-state index in [1.807, 2.05) is 0 Å². The van der Waals surface area contributed by atoms with Crippen molar-refractivity contribution in [2.45, 2.75) is 65.3 Å². The third-order valence-corrected chi connectivity index (χ3v) is 5.36. The predicted octanol–water partition coefficient (Wildman–Crippen LogP) is 1.36. The Balaban J connectivity index is 2.02. The normalized spacial score (nSPS) is 23.0. The van der Waals surface area contributed by atoms with E-state index in [1.54, 1.807) is 37.3 Å². The zero-order valence-corrected chi connectivity index (χ0v) is 21.0. The van der Waals surface area contributed by atoms with E-state index in [1.165, 1.54) is 13.8 Å². The van der Waals surface area contributed by atoms with Crippen molar-refractivity contribution in [3.8, 4) is 0 Å². The molecule has 1 aliphatic heterocycles. The number of rotatable bonds is 7. The van der Waals surface area contributed by atoms with Crippen molar-refractivity contribution in [1.82, 2.24) is 10.3 Å². The molecule has 0 saturated carbocycles. The van der Waals surface area contributed by atoms with Gasteiger partial charge in [0.2, 0.25) is 12.2 Å². The van der Waals surface area contributed by atoms with Gasteiger partial charge in [0.05, 0.1) is 11.1 Å². The van der Waals surface area contributed by atoms with Gasteiger partial charge in [-0.25, -0.2) is 4.79 Å². The second-order valence-electron chi connectivity index (χ2n) is 8.45. The molecule has 0 radical (unpaired) electrons. The molecule has 1 aromatic carbocycles. The highest BCUT2D eigenvalue weighted by Gasteiger charge is 2.52. The van der Waals surface area contributed by atoms with E-state index in [0.29, 0.717) is 16.6 Å². The average molecular weight is 517 g/mol. The van der Waals surface area contributed by atoms with Crippen LogP contribution in [0, 0.1) is 6.92 Å². The van der Waals surface area contributed by atoms with Crippen molar-refractivity contribution < 1.29 is 47.7 Å². The Labute approximate surface area is 212 Å². The van der Waals surface area contributed by atoms with Crippen LogP contribution in [0.1, 0.15) is 43.7 Å². The number of para-hydroxylation sites is 1. The van der Waals surface area contributed by atoms with Gasteiger partial charge in [-0.05, 0) is 19.1 Å². The van der Waals surface area contributed by atoms with Crippen LogP contribution in [0.5, 0.6) is 0 Å².